The van der Waals surface area contributed by atoms with Gasteiger partial charge in [-0.25, -0.2) is 4.79 Å². The summed E-state index contributed by atoms with van der Waals surface area (Å²) in [4.78, 5) is 10.9. The lowest BCUT2D eigenvalue weighted by molar-refractivity contribution is 0.0697. The zero-order chi connectivity index (χ0) is 12.4. The largest absolute Gasteiger partial charge is 0.495 e. The highest BCUT2D eigenvalue weighted by Gasteiger charge is 2.26. The van der Waals surface area contributed by atoms with Crippen molar-refractivity contribution in [2.75, 3.05) is 12.4 Å². The molecule has 1 aliphatic rings. The van der Waals surface area contributed by atoms with E-state index in [0.717, 1.165) is 24.4 Å². The van der Waals surface area contributed by atoms with Crippen LogP contribution in [0.4, 0.5) is 5.69 Å². The number of aromatic carboxylic acids is 1. The molecular weight excluding hydrogens is 218 g/mol. The van der Waals surface area contributed by atoms with Gasteiger partial charge in [-0.2, -0.15) is 0 Å². The number of carbonyl (C=O) groups is 1. The fraction of sp³-hybridized carbons (Fsp3) is 0.462. The maximum absolute atomic E-state index is 10.9. The Hall–Kier alpha value is -1.71. The fourth-order valence-corrected chi connectivity index (χ4v) is 2.19. The van der Waals surface area contributed by atoms with E-state index in [0.29, 0.717) is 11.8 Å². The average molecular weight is 235 g/mol. The highest BCUT2D eigenvalue weighted by Crippen LogP contribution is 2.33. The number of rotatable bonds is 4. The first-order valence-electron chi connectivity index (χ1n) is 5.78. The summed E-state index contributed by atoms with van der Waals surface area (Å²) in [6, 6.07) is 5.30. The zero-order valence-corrected chi connectivity index (χ0v) is 10.1. The van der Waals surface area contributed by atoms with Crippen molar-refractivity contribution in [3.05, 3.63) is 23.8 Å². The van der Waals surface area contributed by atoms with Gasteiger partial charge in [0.25, 0.3) is 0 Å². The molecule has 92 valence electrons. The Morgan fingerprint density at radius 1 is 1.47 bits per heavy atom. The van der Waals surface area contributed by atoms with Gasteiger partial charge in [-0.15, -0.1) is 0 Å². The molecule has 17 heavy (non-hydrogen) atoms. The number of anilines is 1. The standard InChI is InChI=1S/C13H17NO3/c1-8-5-10(6-8)14-11-7-9(13(15)16)3-4-12(11)17-2/h3-4,7-8,10,14H,5-6H2,1-2H3,(H,15,16). The smallest absolute Gasteiger partial charge is 0.335 e. The molecule has 1 aliphatic carbocycles. The number of methoxy groups -OCH3 is 1. The quantitative estimate of drug-likeness (QED) is 0.842. The van der Waals surface area contributed by atoms with Gasteiger partial charge in [-0.1, -0.05) is 6.92 Å². The topological polar surface area (TPSA) is 58.6 Å². The van der Waals surface area contributed by atoms with E-state index in [4.69, 9.17) is 9.84 Å². The first-order chi connectivity index (χ1) is 8.10. The SMILES string of the molecule is COc1ccc(C(=O)O)cc1NC1CC(C)C1. The van der Waals surface area contributed by atoms with Crippen LogP contribution in [0.3, 0.4) is 0 Å². The summed E-state index contributed by atoms with van der Waals surface area (Å²) in [5.41, 5.74) is 1.05. The van der Waals surface area contributed by atoms with Gasteiger partial charge in [0.1, 0.15) is 5.75 Å². The number of hydrogen-bond acceptors (Lipinski definition) is 3. The van der Waals surface area contributed by atoms with Crippen LogP contribution in [0.2, 0.25) is 0 Å². The minimum absolute atomic E-state index is 0.278. The minimum atomic E-state index is -0.919. The second-order valence-electron chi connectivity index (χ2n) is 4.64. The molecule has 0 aliphatic heterocycles. The Labute approximate surface area is 101 Å². The predicted octanol–water partition coefficient (Wildman–Crippen LogP) is 2.60. The molecule has 1 saturated carbocycles. The molecule has 2 N–H and O–H groups in total. The maximum atomic E-state index is 10.9. The van der Waals surface area contributed by atoms with Gasteiger partial charge >= 0.3 is 5.97 Å². The van der Waals surface area contributed by atoms with Crippen molar-refractivity contribution in [3.63, 3.8) is 0 Å². The molecule has 0 aromatic heterocycles. The highest BCUT2D eigenvalue weighted by molar-refractivity contribution is 5.89. The van der Waals surface area contributed by atoms with Crippen LogP contribution < -0.4 is 10.1 Å². The number of benzene rings is 1. The molecule has 0 saturated heterocycles. The van der Waals surface area contributed by atoms with Gasteiger partial charge in [0.2, 0.25) is 0 Å². The van der Waals surface area contributed by atoms with E-state index < -0.39 is 5.97 Å². The van der Waals surface area contributed by atoms with Gasteiger partial charge in [-0.3, -0.25) is 0 Å². The third-order valence-corrected chi connectivity index (χ3v) is 3.18. The average Bonchev–Trinajstić information content (AvgIpc) is 2.26. The predicted molar refractivity (Wildman–Crippen MR) is 65.8 cm³/mol. The highest BCUT2D eigenvalue weighted by atomic mass is 16.5. The summed E-state index contributed by atoms with van der Waals surface area (Å²) in [6.07, 6.45) is 2.25. The summed E-state index contributed by atoms with van der Waals surface area (Å²) in [5, 5.41) is 12.3. The number of carboxylic acid groups (broad SMARTS) is 1. The maximum Gasteiger partial charge on any atom is 0.335 e. The molecule has 1 aromatic rings. The fourth-order valence-electron chi connectivity index (χ4n) is 2.19. The van der Waals surface area contributed by atoms with E-state index in [-0.39, 0.29) is 5.56 Å². The second kappa shape index (κ2) is 4.65. The molecule has 2 rings (SSSR count). The van der Waals surface area contributed by atoms with Crippen LogP contribution in [0.25, 0.3) is 0 Å². The van der Waals surface area contributed by atoms with E-state index >= 15 is 0 Å². The third-order valence-electron chi connectivity index (χ3n) is 3.18. The number of carboxylic acids is 1. The first-order valence-corrected chi connectivity index (χ1v) is 5.78. The van der Waals surface area contributed by atoms with Crippen molar-refractivity contribution >= 4 is 11.7 Å². The van der Waals surface area contributed by atoms with Crippen molar-refractivity contribution in [1.29, 1.82) is 0 Å². The van der Waals surface area contributed by atoms with E-state index in [1.165, 1.54) is 0 Å². The number of nitrogens with one attached hydrogen (secondary N) is 1. The Bertz CT molecular complexity index is 425. The van der Waals surface area contributed by atoms with Gasteiger partial charge in [0.05, 0.1) is 18.4 Å². The molecular formula is C13H17NO3. The molecule has 0 heterocycles. The van der Waals surface area contributed by atoms with Crippen LogP contribution in [0.5, 0.6) is 5.75 Å². The third kappa shape index (κ3) is 2.52. The van der Waals surface area contributed by atoms with Crippen LogP contribution in [0.15, 0.2) is 18.2 Å². The van der Waals surface area contributed by atoms with Gasteiger partial charge in [0.15, 0.2) is 0 Å². The number of hydrogen-bond donors (Lipinski definition) is 2. The molecule has 4 nitrogen and oxygen atoms in total. The van der Waals surface area contributed by atoms with E-state index in [9.17, 15) is 4.79 Å². The van der Waals surface area contributed by atoms with Crippen LogP contribution in [0, 0.1) is 5.92 Å². The first kappa shape index (κ1) is 11.8. The summed E-state index contributed by atoms with van der Waals surface area (Å²) in [5.74, 6) is 0.522. The Kier molecular flexibility index (Phi) is 3.22. The molecule has 1 fully saturated rings. The summed E-state index contributed by atoms with van der Waals surface area (Å²) >= 11 is 0. The van der Waals surface area contributed by atoms with Crippen molar-refractivity contribution in [1.82, 2.24) is 0 Å². The molecule has 4 heteroatoms. The molecule has 0 amide bonds. The van der Waals surface area contributed by atoms with Crippen molar-refractivity contribution in [3.8, 4) is 5.75 Å². The lowest BCUT2D eigenvalue weighted by Gasteiger charge is -2.34. The Morgan fingerprint density at radius 3 is 2.71 bits per heavy atom. The summed E-state index contributed by atoms with van der Waals surface area (Å²) < 4.78 is 5.22. The van der Waals surface area contributed by atoms with Gasteiger partial charge in [0, 0.05) is 6.04 Å². The van der Waals surface area contributed by atoms with Crippen molar-refractivity contribution in [2.24, 2.45) is 5.92 Å². The summed E-state index contributed by atoms with van der Waals surface area (Å²) in [6.45, 7) is 2.21. The van der Waals surface area contributed by atoms with Crippen LogP contribution in [-0.2, 0) is 0 Å². The number of ether oxygens (including phenoxy) is 1. The zero-order valence-electron chi connectivity index (χ0n) is 10.1. The molecule has 0 atom stereocenters. The Morgan fingerprint density at radius 2 is 2.18 bits per heavy atom. The molecule has 1 aromatic carbocycles. The van der Waals surface area contributed by atoms with Crippen LogP contribution in [0.1, 0.15) is 30.1 Å². The molecule has 0 spiro atoms. The van der Waals surface area contributed by atoms with Crippen LogP contribution in [-0.4, -0.2) is 24.2 Å². The van der Waals surface area contributed by atoms with Gasteiger partial charge < -0.3 is 15.2 Å². The lowest BCUT2D eigenvalue weighted by atomic mass is 9.82. The van der Waals surface area contributed by atoms with Crippen molar-refractivity contribution in [2.45, 2.75) is 25.8 Å². The molecule has 0 bridgehead atoms. The monoisotopic (exact) mass is 235 g/mol. The molecule has 0 unspecified atom stereocenters. The van der Waals surface area contributed by atoms with E-state index in [1.807, 2.05) is 0 Å². The normalized spacial score (nSPS) is 22.7. The Balaban J connectivity index is 2.17. The lowest BCUT2D eigenvalue weighted by Crippen LogP contribution is -2.33. The molecule has 0 radical (unpaired) electrons. The van der Waals surface area contributed by atoms with Crippen molar-refractivity contribution < 1.29 is 14.6 Å². The van der Waals surface area contributed by atoms with E-state index in [1.54, 1.807) is 25.3 Å². The second-order valence-corrected chi connectivity index (χ2v) is 4.64. The van der Waals surface area contributed by atoms with E-state index in [2.05, 4.69) is 12.2 Å². The van der Waals surface area contributed by atoms with Gasteiger partial charge in [-0.05, 0) is 37.0 Å². The summed E-state index contributed by atoms with van der Waals surface area (Å²) in [7, 11) is 1.59. The minimum Gasteiger partial charge on any atom is -0.495 e. The van der Waals surface area contributed by atoms with Crippen LogP contribution >= 0.6 is 0 Å².